The summed E-state index contributed by atoms with van der Waals surface area (Å²) in [6, 6.07) is 2.44. The summed E-state index contributed by atoms with van der Waals surface area (Å²) in [4.78, 5) is 30.3. The number of anilines is 1. The number of nitrogens with one attached hydrogen (secondary N) is 1. The number of aliphatic carboxylic acids is 1. The molecule has 0 heterocycles. The molecule has 1 aromatic rings. The van der Waals surface area contributed by atoms with Crippen LogP contribution in [0, 0.1) is 15.9 Å². The zero-order valence-corrected chi connectivity index (χ0v) is 7.64. The molecule has 0 saturated carbocycles. The Kier molecular flexibility index (Phi) is 3.14. The number of carbonyl (C=O) groups is 2. The standard InChI is InChI=1S/C8H5FN2O5/c9-5-3-4(11(15)16)1-2-6(5)10-7(12)8(13)14/h1-3H,(H,10,12)(H,13,14). The van der Waals surface area contributed by atoms with E-state index >= 15 is 0 Å². The molecular formula is C8H5FN2O5. The van der Waals surface area contributed by atoms with E-state index in [1.165, 1.54) is 0 Å². The lowest BCUT2D eigenvalue weighted by atomic mass is 10.2. The second-order valence-corrected chi connectivity index (χ2v) is 2.68. The van der Waals surface area contributed by atoms with Crippen LogP contribution in [0.2, 0.25) is 0 Å². The summed E-state index contributed by atoms with van der Waals surface area (Å²) in [5.41, 5.74) is -0.927. The average molecular weight is 228 g/mol. The van der Waals surface area contributed by atoms with E-state index in [1.54, 1.807) is 5.32 Å². The van der Waals surface area contributed by atoms with Crippen molar-refractivity contribution in [2.24, 2.45) is 0 Å². The van der Waals surface area contributed by atoms with Gasteiger partial charge in [0.2, 0.25) is 0 Å². The van der Waals surface area contributed by atoms with Crippen LogP contribution >= 0.6 is 0 Å². The third-order valence-corrected chi connectivity index (χ3v) is 1.61. The predicted octanol–water partition coefficient (Wildman–Crippen LogP) is 0.757. The molecular weight excluding hydrogens is 223 g/mol. The number of carboxylic acid groups (broad SMARTS) is 1. The lowest BCUT2D eigenvalue weighted by molar-refractivity contribution is -0.385. The molecule has 1 rings (SSSR count). The first kappa shape index (κ1) is 11.6. The highest BCUT2D eigenvalue weighted by molar-refractivity contribution is 6.36. The number of nitro groups is 1. The van der Waals surface area contributed by atoms with Crippen LogP contribution in [0.25, 0.3) is 0 Å². The molecule has 0 aliphatic heterocycles. The molecule has 0 fully saturated rings. The third-order valence-electron chi connectivity index (χ3n) is 1.61. The summed E-state index contributed by atoms with van der Waals surface area (Å²) < 4.78 is 13.1. The molecule has 0 spiro atoms. The molecule has 0 bridgehead atoms. The van der Waals surface area contributed by atoms with E-state index in [0.29, 0.717) is 6.07 Å². The van der Waals surface area contributed by atoms with Crippen LogP contribution in [0.15, 0.2) is 18.2 Å². The van der Waals surface area contributed by atoms with Gasteiger partial charge in [-0.2, -0.15) is 0 Å². The Hall–Kier alpha value is -2.51. The van der Waals surface area contributed by atoms with Gasteiger partial charge in [-0.1, -0.05) is 0 Å². The maximum atomic E-state index is 13.1. The normalized spacial score (nSPS) is 9.56. The molecule has 0 aliphatic carbocycles. The van der Waals surface area contributed by atoms with Crippen molar-refractivity contribution < 1.29 is 24.0 Å². The predicted molar refractivity (Wildman–Crippen MR) is 49.3 cm³/mol. The number of nitrogens with zero attached hydrogens (tertiary/aromatic N) is 1. The first-order chi connectivity index (χ1) is 7.41. The Balaban J connectivity index is 2.96. The van der Waals surface area contributed by atoms with Crippen molar-refractivity contribution >= 4 is 23.3 Å². The van der Waals surface area contributed by atoms with Gasteiger partial charge in [0.25, 0.3) is 5.69 Å². The number of halogens is 1. The molecule has 0 aromatic heterocycles. The van der Waals surface area contributed by atoms with Crippen molar-refractivity contribution in [1.29, 1.82) is 0 Å². The SMILES string of the molecule is O=C(O)C(=O)Nc1ccc([N+](=O)[O-])cc1F. The molecule has 0 radical (unpaired) electrons. The smallest absolute Gasteiger partial charge is 0.394 e. The van der Waals surface area contributed by atoms with Gasteiger partial charge in [0, 0.05) is 6.07 Å². The number of hydrogen-bond donors (Lipinski definition) is 2. The maximum absolute atomic E-state index is 13.1. The van der Waals surface area contributed by atoms with Gasteiger partial charge < -0.3 is 10.4 Å². The van der Waals surface area contributed by atoms with Crippen LogP contribution in [0.5, 0.6) is 0 Å². The van der Waals surface area contributed by atoms with Crippen LogP contribution in [-0.2, 0) is 9.59 Å². The minimum Gasteiger partial charge on any atom is -0.474 e. The maximum Gasteiger partial charge on any atom is 0.394 e. The lowest BCUT2D eigenvalue weighted by Gasteiger charge is -2.02. The number of amides is 1. The highest BCUT2D eigenvalue weighted by atomic mass is 19.1. The molecule has 0 atom stereocenters. The largest absolute Gasteiger partial charge is 0.474 e. The first-order valence-corrected chi connectivity index (χ1v) is 3.90. The number of carboxylic acids is 1. The third kappa shape index (κ3) is 2.50. The number of carbonyl (C=O) groups excluding carboxylic acids is 1. The monoisotopic (exact) mass is 228 g/mol. The van der Waals surface area contributed by atoms with Crippen LogP contribution < -0.4 is 5.32 Å². The number of nitro benzene ring substituents is 1. The molecule has 1 aromatic carbocycles. The Morgan fingerprint density at radius 3 is 2.50 bits per heavy atom. The van der Waals surface area contributed by atoms with Gasteiger partial charge >= 0.3 is 11.9 Å². The Morgan fingerprint density at radius 1 is 1.44 bits per heavy atom. The molecule has 0 aliphatic rings. The van der Waals surface area contributed by atoms with Crippen molar-refractivity contribution in [3.63, 3.8) is 0 Å². The van der Waals surface area contributed by atoms with E-state index in [4.69, 9.17) is 5.11 Å². The van der Waals surface area contributed by atoms with E-state index in [1.807, 2.05) is 0 Å². The summed E-state index contributed by atoms with van der Waals surface area (Å²) in [6.07, 6.45) is 0. The van der Waals surface area contributed by atoms with Crippen molar-refractivity contribution in [2.75, 3.05) is 5.32 Å². The molecule has 2 N–H and O–H groups in total. The fraction of sp³-hybridized carbons (Fsp3) is 0. The summed E-state index contributed by atoms with van der Waals surface area (Å²) >= 11 is 0. The molecule has 1 amide bonds. The number of benzene rings is 1. The number of hydrogen-bond acceptors (Lipinski definition) is 4. The fourth-order valence-electron chi connectivity index (χ4n) is 0.895. The van der Waals surface area contributed by atoms with Crippen LogP contribution in [-0.4, -0.2) is 21.9 Å². The Bertz CT molecular complexity index is 473. The fourth-order valence-corrected chi connectivity index (χ4v) is 0.895. The summed E-state index contributed by atoms with van der Waals surface area (Å²) in [6.45, 7) is 0. The van der Waals surface area contributed by atoms with Crippen LogP contribution in [0.1, 0.15) is 0 Å². The summed E-state index contributed by atoms with van der Waals surface area (Å²) in [5, 5.41) is 20.2. The van der Waals surface area contributed by atoms with E-state index in [9.17, 15) is 24.1 Å². The minimum absolute atomic E-state index is 0.432. The number of rotatable bonds is 2. The molecule has 16 heavy (non-hydrogen) atoms. The minimum atomic E-state index is -1.78. The average Bonchev–Trinajstić information content (AvgIpc) is 2.20. The van der Waals surface area contributed by atoms with Gasteiger partial charge in [-0.15, -0.1) is 0 Å². The van der Waals surface area contributed by atoms with Crippen LogP contribution in [0.3, 0.4) is 0 Å². The van der Waals surface area contributed by atoms with Gasteiger partial charge in [-0.05, 0) is 6.07 Å². The van der Waals surface area contributed by atoms with Gasteiger partial charge in [0.1, 0.15) is 0 Å². The quantitative estimate of drug-likeness (QED) is 0.441. The summed E-state index contributed by atoms with van der Waals surface area (Å²) in [7, 11) is 0. The second-order valence-electron chi connectivity index (χ2n) is 2.68. The van der Waals surface area contributed by atoms with Crippen LogP contribution in [0.4, 0.5) is 15.8 Å². The number of non-ortho nitro benzene ring substituents is 1. The molecule has 0 saturated heterocycles. The van der Waals surface area contributed by atoms with Gasteiger partial charge in [0.05, 0.1) is 16.7 Å². The van der Waals surface area contributed by atoms with Crippen molar-refractivity contribution in [2.45, 2.75) is 0 Å². The summed E-state index contributed by atoms with van der Waals surface area (Å²) in [5.74, 6) is -4.28. The second kappa shape index (κ2) is 4.34. The zero-order valence-electron chi connectivity index (χ0n) is 7.64. The highest BCUT2D eigenvalue weighted by Crippen LogP contribution is 2.20. The highest BCUT2D eigenvalue weighted by Gasteiger charge is 2.16. The van der Waals surface area contributed by atoms with Crippen molar-refractivity contribution in [3.05, 3.63) is 34.1 Å². The van der Waals surface area contributed by atoms with E-state index in [-0.39, 0.29) is 0 Å². The first-order valence-electron chi connectivity index (χ1n) is 3.90. The van der Waals surface area contributed by atoms with Crippen molar-refractivity contribution in [1.82, 2.24) is 0 Å². The van der Waals surface area contributed by atoms with Gasteiger partial charge in [-0.3, -0.25) is 14.9 Å². The van der Waals surface area contributed by atoms with E-state index < -0.39 is 34.0 Å². The molecule has 84 valence electrons. The lowest BCUT2D eigenvalue weighted by Crippen LogP contribution is -2.22. The Morgan fingerprint density at radius 2 is 2.06 bits per heavy atom. The van der Waals surface area contributed by atoms with E-state index in [0.717, 1.165) is 12.1 Å². The van der Waals surface area contributed by atoms with Crippen molar-refractivity contribution in [3.8, 4) is 0 Å². The van der Waals surface area contributed by atoms with Gasteiger partial charge in [0.15, 0.2) is 5.82 Å². The molecule has 8 heteroatoms. The Labute approximate surface area is 87.6 Å². The topological polar surface area (TPSA) is 110 Å². The molecule has 0 unspecified atom stereocenters. The van der Waals surface area contributed by atoms with Gasteiger partial charge in [-0.25, -0.2) is 9.18 Å². The zero-order chi connectivity index (χ0) is 12.3. The van der Waals surface area contributed by atoms with E-state index in [2.05, 4.69) is 0 Å². The molecule has 7 nitrogen and oxygen atoms in total.